The second-order valence-corrected chi connectivity index (χ2v) is 5.89. The summed E-state index contributed by atoms with van der Waals surface area (Å²) in [7, 11) is 0. The molecule has 0 saturated carbocycles. The lowest BCUT2D eigenvalue weighted by Gasteiger charge is -2.06. The zero-order valence-corrected chi connectivity index (χ0v) is 13.7. The minimum absolute atomic E-state index is 0.647. The number of aryl methyl sites for hydroxylation is 1. The summed E-state index contributed by atoms with van der Waals surface area (Å²) in [5, 5.41) is 4.65. The van der Waals surface area contributed by atoms with Crippen LogP contribution in [0.1, 0.15) is 45.4 Å². The van der Waals surface area contributed by atoms with E-state index in [0.29, 0.717) is 5.92 Å². The Labute approximate surface area is 127 Å². The Balaban J connectivity index is 2.22. The van der Waals surface area contributed by atoms with Gasteiger partial charge >= 0.3 is 0 Å². The summed E-state index contributed by atoms with van der Waals surface area (Å²) in [6, 6.07) is 6.12. The van der Waals surface area contributed by atoms with E-state index in [1.165, 1.54) is 10.9 Å². The first-order valence-corrected chi connectivity index (χ1v) is 8.03. The number of ether oxygens (including phenoxy) is 1. The molecule has 0 amide bonds. The average Bonchev–Trinajstić information content (AvgIpc) is 2.81. The van der Waals surface area contributed by atoms with E-state index >= 15 is 0 Å². The molecule has 0 bridgehead atoms. The number of hydrogen-bond acceptors (Lipinski definition) is 3. The Morgan fingerprint density at radius 1 is 1.24 bits per heavy atom. The van der Waals surface area contributed by atoms with Crippen LogP contribution >= 0.6 is 0 Å². The third-order valence-electron chi connectivity index (χ3n) is 3.51. The van der Waals surface area contributed by atoms with Gasteiger partial charge in [0.25, 0.3) is 0 Å². The average molecular weight is 289 g/mol. The van der Waals surface area contributed by atoms with Crippen LogP contribution in [0.5, 0.6) is 5.75 Å². The summed E-state index contributed by atoms with van der Waals surface area (Å²) in [6.45, 7) is 11.3. The fraction of sp³-hybridized carbons (Fsp3) is 0.556. The van der Waals surface area contributed by atoms with Crippen molar-refractivity contribution in [3.63, 3.8) is 0 Å². The maximum atomic E-state index is 6.01. The molecule has 3 nitrogen and oxygen atoms in total. The predicted molar refractivity (Wildman–Crippen MR) is 87.9 cm³/mol. The van der Waals surface area contributed by atoms with Crippen LogP contribution in [0, 0.1) is 5.92 Å². The number of furan rings is 1. The van der Waals surface area contributed by atoms with E-state index in [1.807, 2.05) is 12.1 Å². The van der Waals surface area contributed by atoms with Crippen LogP contribution < -0.4 is 10.1 Å². The van der Waals surface area contributed by atoms with Gasteiger partial charge in [0.05, 0.1) is 13.2 Å². The van der Waals surface area contributed by atoms with E-state index in [9.17, 15) is 0 Å². The van der Waals surface area contributed by atoms with Gasteiger partial charge in [-0.25, -0.2) is 0 Å². The molecule has 0 unspecified atom stereocenters. The largest absolute Gasteiger partial charge is 0.494 e. The summed E-state index contributed by atoms with van der Waals surface area (Å²) in [5.41, 5.74) is 2.25. The highest BCUT2D eigenvalue weighted by Crippen LogP contribution is 2.30. The van der Waals surface area contributed by atoms with Crippen LogP contribution in [0.25, 0.3) is 11.0 Å². The van der Waals surface area contributed by atoms with Crippen LogP contribution in [0.3, 0.4) is 0 Å². The molecule has 2 rings (SSSR count). The van der Waals surface area contributed by atoms with Crippen molar-refractivity contribution >= 4 is 11.0 Å². The quantitative estimate of drug-likeness (QED) is 0.775. The van der Waals surface area contributed by atoms with Gasteiger partial charge in [-0.15, -0.1) is 0 Å². The second kappa shape index (κ2) is 7.51. The van der Waals surface area contributed by atoms with Gasteiger partial charge in [-0.1, -0.05) is 27.7 Å². The summed E-state index contributed by atoms with van der Waals surface area (Å²) < 4.78 is 11.7. The van der Waals surface area contributed by atoms with E-state index < -0.39 is 0 Å². The molecule has 21 heavy (non-hydrogen) atoms. The van der Waals surface area contributed by atoms with E-state index in [-0.39, 0.29) is 0 Å². The molecular weight excluding hydrogens is 262 g/mol. The van der Waals surface area contributed by atoms with Crippen molar-refractivity contribution in [1.29, 1.82) is 0 Å². The molecule has 1 aromatic heterocycles. The van der Waals surface area contributed by atoms with Crippen molar-refractivity contribution in [2.24, 2.45) is 5.92 Å². The minimum Gasteiger partial charge on any atom is -0.494 e. The van der Waals surface area contributed by atoms with Gasteiger partial charge in [-0.2, -0.15) is 0 Å². The zero-order chi connectivity index (χ0) is 15.2. The Hall–Kier alpha value is -1.48. The van der Waals surface area contributed by atoms with Crippen molar-refractivity contribution in [2.75, 3.05) is 13.2 Å². The lowest BCUT2D eigenvalue weighted by Crippen LogP contribution is -2.19. The van der Waals surface area contributed by atoms with Crippen LogP contribution in [0.2, 0.25) is 0 Å². The molecule has 1 aromatic carbocycles. The van der Waals surface area contributed by atoms with E-state index in [2.05, 4.69) is 39.1 Å². The molecule has 0 fully saturated rings. The van der Waals surface area contributed by atoms with Crippen molar-refractivity contribution in [1.82, 2.24) is 5.32 Å². The topological polar surface area (TPSA) is 34.4 Å². The molecule has 0 radical (unpaired) electrons. The van der Waals surface area contributed by atoms with Crippen LogP contribution in [0.4, 0.5) is 0 Å². The van der Waals surface area contributed by atoms with Gasteiger partial charge < -0.3 is 14.5 Å². The smallest absolute Gasteiger partial charge is 0.134 e. The minimum atomic E-state index is 0.647. The third kappa shape index (κ3) is 4.01. The number of benzene rings is 1. The normalized spacial score (nSPS) is 11.5. The van der Waals surface area contributed by atoms with Gasteiger partial charge in [0.15, 0.2) is 0 Å². The predicted octanol–water partition coefficient (Wildman–Crippen LogP) is 4.53. The molecule has 0 aliphatic heterocycles. The first-order chi connectivity index (χ1) is 10.2. The monoisotopic (exact) mass is 289 g/mol. The molecule has 1 N–H and O–H groups in total. The first-order valence-electron chi connectivity index (χ1n) is 8.03. The maximum Gasteiger partial charge on any atom is 0.134 e. The molecule has 0 aliphatic carbocycles. The Morgan fingerprint density at radius 2 is 2.05 bits per heavy atom. The highest BCUT2D eigenvalue weighted by Gasteiger charge is 2.13. The Kier molecular flexibility index (Phi) is 5.68. The summed E-state index contributed by atoms with van der Waals surface area (Å²) in [5.74, 6) is 2.64. The third-order valence-corrected chi connectivity index (χ3v) is 3.51. The Bertz CT molecular complexity index is 572. The van der Waals surface area contributed by atoms with E-state index in [0.717, 1.165) is 49.6 Å². The van der Waals surface area contributed by atoms with Gasteiger partial charge in [-0.3, -0.25) is 0 Å². The number of nitrogens with one attached hydrogen (secondary N) is 1. The van der Waals surface area contributed by atoms with E-state index in [4.69, 9.17) is 9.15 Å². The van der Waals surface area contributed by atoms with Crippen molar-refractivity contribution < 1.29 is 9.15 Å². The molecular formula is C18H27NO2. The molecule has 3 heteroatoms. The summed E-state index contributed by atoms with van der Waals surface area (Å²) in [6.07, 6.45) is 2.00. The lowest BCUT2D eigenvalue weighted by molar-refractivity contribution is 0.318. The summed E-state index contributed by atoms with van der Waals surface area (Å²) >= 11 is 0. The second-order valence-electron chi connectivity index (χ2n) is 5.89. The van der Waals surface area contributed by atoms with Gasteiger partial charge in [0, 0.05) is 10.9 Å². The van der Waals surface area contributed by atoms with Gasteiger partial charge in [0.2, 0.25) is 0 Å². The highest BCUT2D eigenvalue weighted by atomic mass is 16.5. The number of hydrogen-bond donors (Lipinski definition) is 1. The van der Waals surface area contributed by atoms with Crippen molar-refractivity contribution in [2.45, 2.75) is 47.1 Å². The molecule has 0 spiro atoms. The highest BCUT2D eigenvalue weighted by molar-refractivity contribution is 5.83. The number of fused-ring (bicyclic) bond motifs is 1. The van der Waals surface area contributed by atoms with Crippen molar-refractivity contribution in [3.8, 4) is 5.75 Å². The first kappa shape index (κ1) is 15.9. The molecule has 0 saturated heterocycles. The van der Waals surface area contributed by atoms with Crippen molar-refractivity contribution in [3.05, 3.63) is 29.5 Å². The van der Waals surface area contributed by atoms with Gasteiger partial charge in [0.1, 0.15) is 17.1 Å². The molecule has 0 aliphatic rings. The molecule has 0 atom stereocenters. The maximum absolute atomic E-state index is 6.01. The van der Waals surface area contributed by atoms with Crippen LogP contribution in [-0.2, 0) is 13.0 Å². The number of rotatable bonds is 8. The van der Waals surface area contributed by atoms with Gasteiger partial charge in [-0.05, 0) is 43.5 Å². The van der Waals surface area contributed by atoms with Crippen LogP contribution in [-0.4, -0.2) is 13.2 Å². The fourth-order valence-electron chi connectivity index (χ4n) is 2.49. The van der Waals surface area contributed by atoms with Crippen LogP contribution in [0.15, 0.2) is 22.6 Å². The SMILES string of the molecule is CCCOc1ccc2oc(CNCC(C)C)c(CC)c2c1. The molecule has 2 aromatic rings. The standard InChI is InChI=1S/C18H27NO2/c1-5-9-20-14-7-8-17-16(10-14)15(6-2)18(21-17)12-19-11-13(3)4/h7-8,10,13,19H,5-6,9,11-12H2,1-4H3. The Morgan fingerprint density at radius 3 is 2.71 bits per heavy atom. The van der Waals surface area contributed by atoms with E-state index in [1.54, 1.807) is 0 Å². The zero-order valence-electron chi connectivity index (χ0n) is 13.7. The fourth-order valence-corrected chi connectivity index (χ4v) is 2.49. The molecule has 1 heterocycles. The summed E-state index contributed by atoms with van der Waals surface area (Å²) in [4.78, 5) is 0. The lowest BCUT2D eigenvalue weighted by atomic mass is 10.1. The molecule has 116 valence electrons.